The van der Waals surface area contributed by atoms with Crippen LogP contribution in [0, 0.1) is 5.82 Å². The second-order valence-electron chi connectivity index (χ2n) is 9.09. The molecule has 39 heavy (non-hydrogen) atoms. The highest BCUT2D eigenvalue weighted by molar-refractivity contribution is 6.04. The summed E-state index contributed by atoms with van der Waals surface area (Å²) < 4.78 is 57.7. The molecule has 2 amide bonds. The first kappa shape index (κ1) is 26.3. The van der Waals surface area contributed by atoms with Crippen molar-refractivity contribution in [2.24, 2.45) is 0 Å². The van der Waals surface area contributed by atoms with E-state index in [-0.39, 0.29) is 23.6 Å². The van der Waals surface area contributed by atoms with Crippen LogP contribution < -0.4 is 10.6 Å². The molecule has 2 aromatic carbocycles. The zero-order valence-electron chi connectivity index (χ0n) is 20.2. The number of fused-ring (bicyclic) bond motifs is 2. The number of aliphatic hydroxyl groups excluding tert-OH is 1. The second kappa shape index (κ2) is 10.5. The van der Waals surface area contributed by atoms with Crippen LogP contribution >= 0.6 is 0 Å². The molecule has 5 rings (SSSR count). The molecular formula is C27H22F4N4O4. The lowest BCUT2D eigenvalue weighted by atomic mass is 10.1. The van der Waals surface area contributed by atoms with Crippen molar-refractivity contribution in [2.45, 2.75) is 31.3 Å². The summed E-state index contributed by atoms with van der Waals surface area (Å²) in [5.74, 6) is -2.11. The summed E-state index contributed by atoms with van der Waals surface area (Å²) in [4.78, 5) is 30.0. The van der Waals surface area contributed by atoms with E-state index in [0.717, 1.165) is 17.2 Å². The summed E-state index contributed by atoms with van der Waals surface area (Å²) in [5, 5.41) is 15.6. The fourth-order valence-electron chi connectivity index (χ4n) is 4.48. The van der Waals surface area contributed by atoms with Crippen molar-refractivity contribution in [2.75, 3.05) is 11.9 Å². The highest BCUT2D eigenvalue weighted by Gasteiger charge is 2.32. The van der Waals surface area contributed by atoms with Crippen molar-refractivity contribution in [3.8, 4) is 0 Å². The summed E-state index contributed by atoms with van der Waals surface area (Å²) in [6.07, 6.45) is -2.26. The Bertz CT molecular complexity index is 1550. The first-order valence-electron chi connectivity index (χ1n) is 11.9. The Morgan fingerprint density at radius 2 is 1.90 bits per heavy atom. The van der Waals surface area contributed by atoms with Gasteiger partial charge >= 0.3 is 6.18 Å². The number of aromatic nitrogens is 2. The number of hydrogen-bond acceptors (Lipinski definition) is 5. The first-order chi connectivity index (χ1) is 18.6. The zero-order valence-corrected chi connectivity index (χ0v) is 20.2. The molecule has 0 saturated heterocycles. The molecule has 4 aromatic rings. The highest BCUT2D eigenvalue weighted by atomic mass is 19.4. The van der Waals surface area contributed by atoms with Crippen LogP contribution in [0.15, 0.2) is 67.0 Å². The van der Waals surface area contributed by atoms with Gasteiger partial charge in [-0.3, -0.25) is 14.0 Å². The number of nitrogens with one attached hydrogen (secondary N) is 2. The third-order valence-corrected chi connectivity index (χ3v) is 6.30. The molecule has 3 N–H and O–H groups in total. The highest BCUT2D eigenvalue weighted by Crippen LogP contribution is 2.31. The van der Waals surface area contributed by atoms with Gasteiger partial charge in [-0.25, -0.2) is 9.37 Å². The molecule has 12 heteroatoms. The van der Waals surface area contributed by atoms with Crippen LogP contribution in [0.25, 0.3) is 5.65 Å². The third-order valence-electron chi connectivity index (χ3n) is 6.30. The second-order valence-corrected chi connectivity index (χ2v) is 9.09. The SMILES string of the molecule is O=C(N[C@H]1c2ccccc2C[C@H]1O)c1ccc(F)c(NC(=O)c2cnc3ccc(COCC(F)(F)F)cn23)c1. The summed E-state index contributed by atoms with van der Waals surface area (Å²) in [6.45, 7) is -1.77. The van der Waals surface area contributed by atoms with Crippen LogP contribution in [-0.4, -0.2) is 45.2 Å². The van der Waals surface area contributed by atoms with Crippen molar-refractivity contribution >= 4 is 23.1 Å². The Kier molecular flexibility index (Phi) is 7.06. The molecule has 0 radical (unpaired) electrons. The van der Waals surface area contributed by atoms with E-state index in [0.29, 0.717) is 17.6 Å². The smallest absolute Gasteiger partial charge is 0.390 e. The van der Waals surface area contributed by atoms with E-state index in [1.165, 1.54) is 41.1 Å². The topological polar surface area (TPSA) is 105 Å². The van der Waals surface area contributed by atoms with E-state index in [1.807, 2.05) is 18.2 Å². The predicted molar refractivity (Wildman–Crippen MR) is 132 cm³/mol. The van der Waals surface area contributed by atoms with Crippen molar-refractivity contribution < 1.29 is 37.0 Å². The van der Waals surface area contributed by atoms with Gasteiger partial charge < -0.3 is 20.5 Å². The van der Waals surface area contributed by atoms with Crippen molar-refractivity contribution in [1.82, 2.24) is 14.7 Å². The third kappa shape index (κ3) is 5.76. The van der Waals surface area contributed by atoms with Crippen LogP contribution in [0.1, 0.15) is 43.6 Å². The van der Waals surface area contributed by atoms with E-state index in [9.17, 15) is 32.3 Å². The average molecular weight is 542 g/mol. The van der Waals surface area contributed by atoms with Gasteiger partial charge in [0.1, 0.15) is 23.8 Å². The number of halogens is 4. The van der Waals surface area contributed by atoms with E-state index in [1.54, 1.807) is 6.07 Å². The maximum absolute atomic E-state index is 14.6. The molecule has 0 spiro atoms. The summed E-state index contributed by atoms with van der Waals surface area (Å²) in [6, 6.07) is 13.2. The largest absolute Gasteiger partial charge is 0.411 e. The van der Waals surface area contributed by atoms with Gasteiger partial charge in [0.25, 0.3) is 11.8 Å². The summed E-state index contributed by atoms with van der Waals surface area (Å²) >= 11 is 0. The quantitative estimate of drug-likeness (QED) is 0.304. The summed E-state index contributed by atoms with van der Waals surface area (Å²) in [5.41, 5.74) is 2.20. The Morgan fingerprint density at radius 1 is 1.10 bits per heavy atom. The van der Waals surface area contributed by atoms with E-state index < -0.39 is 42.6 Å². The molecule has 0 saturated carbocycles. The number of carbonyl (C=O) groups is 2. The fourth-order valence-corrected chi connectivity index (χ4v) is 4.48. The van der Waals surface area contributed by atoms with Gasteiger partial charge in [-0.1, -0.05) is 30.3 Å². The van der Waals surface area contributed by atoms with Crippen LogP contribution in [-0.2, 0) is 17.8 Å². The van der Waals surface area contributed by atoms with Gasteiger partial charge in [0.2, 0.25) is 0 Å². The monoisotopic (exact) mass is 542 g/mol. The molecule has 1 aliphatic carbocycles. The Balaban J connectivity index is 1.31. The lowest BCUT2D eigenvalue weighted by molar-refractivity contribution is -0.176. The van der Waals surface area contributed by atoms with Crippen LogP contribution in [0.2, 0.25) is 0 Å². The van der Waals surface area contributed by atoms with Crippen molar-refractivity contribution in [1.29, 1.82) is 0 Å². The minimum atomic E-state index is -4.47. The Morgan fingerprint density at radius 3 is 2.69 bits per heavy atom. The number of ether oxygens (including phenoxy) is 1. The minimum Gasteiger partial charge on any atom is -0.390 e. The fraction of sp³-hybridized carbons (Fsp3) is 0.222. The van der Waals surface area contributed by atoms with Gasteiger partial charge in [-0.2, -0.15) is 13.2 Å². The first-order valence-corrected chi connectivity index (χ1v) is 11.9. The van der Waals surface area contributed by atoms with Gasteiger partial charge in [0.05, 0.1) is 30.6 Å². The van der Waals surface area contributed by atoms with Gasteiger partial charge in [0, 0.05) is 18.2 Å². The number of imidazole rings is 1. The number of hydrogen-bond donors (Lipinski definition) is 3. The summed E-state index contributed by atoms with van der Waals surface area (Å²) in [7, 11) is 0. The molecule has 202 valence electrons. The maximum Gasteiger partial charge on any atom is 0.411 e. The number of rotatable bonds is 7. The Labute approximate surface area is 219 Å². The average Bonchev–Trinajstić information content (AvgIpc) is 3.45. The molecule has 0 unspecified atom stereocenters. The minimum absolute atomic E-state index is 0.0115. The lowest BCUT2D eigenvalue weighted by Gasteiger charge is -2.18. The standard InChI is InChI=1S/C27H22F4N4O4/c28-19-7-6-17(25(37)34-24-18-4-2-1-3-16(18)10-22(24)36)9-20(19)33-26(38)21-11-32-23-8-5-15(12-35(21)23)13-39-14-27(29,30)31/h1-9,11-12,22,24,36H,10,13-14H2,(H,33,38)(H,34,37)/t22-,24+/m1/s1. The molecular weight excluding hydrogens is 520 g/mol. The van der Waals surface area contributed by atoms with Crippen molar-refractivity contribution in [3.05, 3.63) is 101 Å². The molecule has 0 aliphatic heterocycles. The molecule has 8 nitrogen and oxygen atoms in total. The predicted octanol–water partition coefficient (Wildman–Crippen LogP) is 4.19. The number of nitrogens with zero attached hydrogens (tertiary/aromatic N) is 2. The molecule has 2 heterocycles. The number of pyridine rings is 1. The van der Waals surface area contributed by atoms with E-state index in [4.69, 9.17) is 0 Å². The normalized spacial score (nSPS) is 16.7. The lowest BCUT2D eigenvalue weighted by Crippen LogP contribution is -2.34. The number of alkyl halides is 3. The van der Waals surface area contributed by atoms with Gasteiger partial charge in [0.15, 0.2) is 0 Å². The number of anilines is 1. The molecule has 0 bridgehead atoms. The van der Waals surface area contributed by atoms with E-state index >= 15 is 0 Å². The maximum atomic E-state index is 14.6. The van der Waals surface area contributed by atoms with Crippen LogP contribution in [0.3, 0.4) is 0 Å². The number of carbonyl (C=O) groups excluding carboxylic acids is 2. The van der Waals surface area contributed by atoms with Gasteiger partial charge in [-0.05, 0) is 41.0 Å². The number of amides is 2. The van der Waals surface area contributed by atoms with Gasteiger partial charge in [-0.15, -0.1) is 0 Å². The molecule has 2 atom stereocenters. The molecule has 2 aromatic heterocycles. The number of benzene rings is 2. The van der Waals surface area contributed by atoms with Crippen molar-refractivity contribution in [3.63, 3.8) is 0 Å². The Hall–Kier alpha value is -4.29. The van der Waals surface area contributed by atoms with Crippen LogP contribution in [0.5, 0.6) is 0 Å². The zero-order chi connectivity index (χ0) is 27.7. The van der Waals surface area contributed by atoms with Crippen LogP contribution in [0.4, 0.5) is 23.2 Å². The molecule has 1 aliphatic rings. The number of aliphatic hydroxyl groups is 1. The van der Waals surface area contributed by atoms with E-state index in [2.05, 4.69) is 20.4 Å². The molecule has 0 fully saturated rings.